The fraction of sp³-hybridized carbons (Fsp3) is 0.250. The topological polar surface area (TPSA) is 78.4 Å². The molecule has 0 unspecified atom stereocenters. The molecule has 0 aliphatic carbocycles. The Labute approximate surface area is 97.7 Å². The molecular formula is C8H10Cl2N2O3. The maximum atomic E-state index is 10.4. The standard InChI is InChI=1S/C8H9ClN2O3.ClH/c9-7-5-6(11(12)13)1-2-8(7)14-4-3-10;/h1-2,5H,3-4,10H2;1H. The molecule has 0 atom stereocenters. The van der Waals surface area contributed by atoms with E-state index in [9.17, 15) is 10.1 Å². The molecular weight excluding hydrogens is 243 g/mol. The minimum absolute atomic E-state index is 0. The van der Waals surface area contributed by atoms with Crippen LogP contribution in [0.1, 0.15) is 0 Å². The molecule has 1 rings (SSSR count). The molecule has 0 saturated heterocycles. The summed E-state index contributed by atoms with van der Waals surface area (Å²) >= 11 is 5.74. The van der Waals surface area contributed by atoms with Gasteiger partial charge in [0, 0.05) is 18.7 Å². The number of nitrogens with two attached hydrogens (primary N) is 1. The second-order valence-electron chi connectivity index (χ2n) is 2.51. The van der Waals surface area contributed by atoms with Gasteiger partial charge in [0.15, 0.2) is 0 Å². The minimum Gasteiger partial charge on any atom is -0.491 e. The molecule has 5 nitrogen and oxygen atoms in total. The van der Waals surface area contributed by atoms with Crippen molar-refractivity contribution < 1.29 is 9.66 Å². The Morgan fingerprint density at radius 1 is 1.53 bits per heavy atom. The maximum Gasteiger partial charge on any atom is 0.271 e. The number of nitro benzene ring substituents is 1. The normalized spacial score (nSPS) is 9.20. The summed E-state index contributed by atoms with van der Waals surface area (Å²) in [6.45, 7) is 0.699. The van der Waals surface area contributed by atoms with Crippen molar-refractivity contribution >= 4 is 29.7 Å². The van der Waals surface area contributed by atoms with Gasteiger partial charge in [0.25, 0.3) is 5.69 Å². The van der Waals surface area contributed by atoms with Gasteiger partial charge in [-0.3, -0.25) is 10.1 Å². The first-order valence-corrected chi connectivity index (χ1v) is 4.29. The van der Waals surface area contributed by atoms with Crippen molar-refractivity contribution in [3.63, 3.8) is 0 Å². The van der Waals surface area contributed by atoms with Crippen molar-refractivity contribution in [2.24, 2.45) is 5.73 Å². The SMILES string of the molecule is Cl.NCCOc1ccc([N+](=O)[O-])cc1Cl. The monoisotopic (exact) mass is 252 g/mol. The number of halogens is 2. The Hall–Kier alpha value is -1.04. The van der Waals surface area contributed by atoms with Gasteiger partial charge in [0.2, 0.25) is 0 Å². The second kappa shape index (κ2) is 6.44. The molecule has 0 aromatic heterocycles. The Balaban J connectivity index is 0.00000196. The molecule has 0 heterocycles. The molecule has 0 bridgehead atoms. The molecule has 1 aromatic rings. The molecule has 0 amide bonds. The highest BCUT2D eigenvalue weighted by atomic mass is 35.5. The van der Waals surface area contributed by atoms with E-state index in [1.165, 1.54) is 18.2 Å². The number of hydrogen-bond acceptors (Lipinski definition) is 4. The van der Waals surface area contributed by atoms with Crippen LogP contribution >= 0.6 is 24.0 Å². The van der Waals surface area contributed by atoms with Crippen molar-refractivity contribution in [3.8, 4) is 5.75 Å². The first-order chi connectivity index (χ1) is 6.65. The average molecular weight is 253 g/mol. The van der Waals surface area contributed by atoms with Gasteiger partial charge in [-0.1, -0.05) is 11.6 Å². The van der Waals surface area contributed by atoms with Crippen LogP contribution < -0.4 is 10.5 Å². The van der Waals surface area contributed by atoms with Gasteiger partial charge in [-0.15, -0.1) is 12.4 Å². The first-order valence-electron chi connectivity index (χ1n) is 3.92. The maximum absolute atomic E-state index is 10.4. The number of non-ortho nitro benzene ring substituents is 1. The lowest BCUT2D eigenvalue weighted by atomic mass is 10.3. The lowest BCUT2D eigenvalue weighted by Gasteiger charge is -2.05. The van der Waals surface area contributed by atoms with Crippen molar-refractivity contribution in [3.05, 3.63) is 33.3 Å². The summed E-state index contributed by atoms with van der Waals surface area (Å²) in [5.41, 5.74) is 5.17. The molecule has 15 heavy (non-hydrogen) atoms. The van der Waals surface area contributed by atoms with Crippen LogP contribution in [0.15, 0.2) is 18.2 Å². The van der Waals surface area contributed by atoms with Crippen molar-refractivity contribution in [1.29, 1.82) is 0 Å². The molecule has 0 radical (unpaired) electrons. The smallest absolute Gasteiger partial charge is 0.271 e. The average Bonchev–Trinajstić information content (AvgIpc) is 2.15. The number of benzene rings is 1. The summed E-state index contributed by atoms with van der Waals surface area (Å²) < 4.78 is 5.14. The summed E-state index contributed by atoms with van der Waals surface area (Å²) in [6, 6.07) is 4.03. The minimum atomic E-state index is -0.515. The van der Waals surface area contributed by atoms with E-state index in [1.54, 1.807) is 0 Å². The van der Waals surface area contributed by atoms with Crippen LogP contribution in [0, 0.1) is 10.1 Å². The van der Waals surface area contributed by atoms with Gasteiger partial charge in [0.1, 0.15) is 12.4 Å². The lowest BCUT2D eigenvalue weighted by Crippen LogP contribution is -2.10. The van der Waals surface area contributed by atoms with Crippen LogP contribution in [0.2, 0.25) is 5.02 Å². The molecule has 2 N–H and O–H groups in total. The Kier molecular flexibility index (Phi) is 6.00. The summed E-state index contributed by atoms with van der Waals surface area (Å²) in [6.07, 6.45) is 0. The number of nitro groups is 1. The molecule has 0 aliphatic rings. The summed E-state index contributed by atoms with van der Waals surface area (Å²) in [5.74, 6) is 0.405. The van der Waals surface area contributed by atoms with Gasteiger partial charge < -0.3 is 10.5 Å². The van der Waals surface area contributed by atoms with Crippen LogP contribution in [0.4, 0.5) is 5.69 Å². The number of hydrogen-bond donors (Lipinski definition) is 1. The number of rotatable bonds is 4. The second-order valence-corrected chi connectivity index (χ2v) is 2.92. The lowest BCUT2D eigenvalue weighted by molar-refractivity contribution is -0.384. The molecule has 84 valence electrons. The van der Waals surface area contributed by atoms with Crippen LogP contribution in [-0.4, -0.2) is 18.1 Å². The van der Waals surface area contributed by atoms with E-state index in [-0.39, 0.29) is 23.1 Å². The van der Waals surface area contributed by atoms with E-state index in [0.717, 1.165) is 0 Å². The van der Waals surface area contributed by atoms with E-state index >= 15 is 0 Å². The van der Waals surface area contributed by atoms with Gasteiger partial charge in [-0.05, 0) is 6.07 Å². The zero-order chi connectivity index (χ0) is 10.6. The zero-order valence-corrected chi connectivity index (χ0v) is 9.25. The molecule has 0 aliphatic heterocycles. The summed E-state index contributed by atoms with van der Waals surface area (Å²) in [4.78, 5) is 9.85. The van der Waals surface area contributed by atoms with E-state index in [1.807, 2.05) is 0 Å². The highest BCUT2D eigenvalue weighted by Gasteiger charge is 2.09. The molecule has 7 heteroatoms. The Morgan fingerprint density at radius 3 is 2.67 bits per heavy atom. The molecule has 1 aromatic carbocycles. The van der Waals surface area contributed by atoms with Gasteiger partial charge in [0.05, 0.1) is 9.95 Å². The Bertz CT molecular complexity index is 347. The highest BCUT2D eigenvalue weighted by Crippen LogP contribution is 2.28. The van der Waals surface area contributed by atoms with Crippen LogP contribution in [0.3, 0.4) is 0 Å². The van der Waals surface area contributed by atoms with Crippen molar-refractivity contribution in [1.82, 2.24) is 0 Å². The van der Waals surface area contributed by atoms with E-state index in [0.29, 0.717) is 18.9 Å². The number of nitrogens with zero attached hydrogens (tertiary/aromatic N) is 1. The van der Waals surface area contributed by atoms with E-state index in [2.05, 4.69) is 0 Å². The van der Waals surface area contributed by atoms with Crippen LogP contribution in [0.25, 0.3) is 0 Å². The molecule has 0 saturated carbocycles. The van der Waals surface area contributed by atoms with Crippen molar-refractivity contribution in [2.75, 3.05) is 13.2 Å². The highest BCUT2D eigenvalue weighted by molar-refractivity contribution is 6.32. The van der Waals surface area contributed by atoms with Gasteiger partial charge in [-0.2, -0.15) is 0 Å². The predicted octanol–water partition coefficient (Wildman–Crippen LogP) is 2.01. The fourth-order valence-electron chi connectivity index (χ4n) is 0.889. The zero-order valence-electron chi connectivity index (χ0n) is 7.68. The largest absolute Gasteiger partial charge is 0.491 e. The quantitative estimate of drug-likeness (QED) is 0.657. The fourth-order valence-corrected chi connectivity index (χ4v) is 1.12. The Morgan fingerprint density at radius 2 is 2.20 bits per heavy atom. The van der Waals surface area contributed by atoms with E-state index in [4.69, 9.17) is 22.1 Å². The van der Waals surface area contributed by atoms with Gasteiger partial charge >= 0.3 is 0 Å². The third-order valence-electron chi connectivity index (χ3n) is 1.50. The molecule has 0 spiro atoms. The summed E-state index contributed by atoms with van der Waals surface area (Å²) in [7, 11) is 0. The predicted molar refractivity (Wildman–Crippen MR) is 59.9 cm³/mol. The van der Waals surface area contributed by atoms with Crippen LogP contribution in [-0.2, 0) is 0 Å². The summed E-state index contributed by atoms with van der Waals surface area (Å²) in [5, 5.41) is 10.6. The van der Waals surface area contributed by atoms with E-state index < -0.39 is 4.92 Å². The van der Waals surface area contributed by atoms with Crippen molar-refractivity contribution in [2.45, 2.75) is 0 Å². The first kappa shape index (κ1) is 14.0. The third-order valence-corrected chi connectivity index (χ3v) is 1.80. The van der Waals surface area contributed by atoms with Crippen LogP contribution in [0.5, 0.6) is 5.75 Å². The molecule has 0 fully saturated rings. The van der Waals surface area contributed by atoms with Gasteiger partial charge in [-0.25, -0.2) is 0 Å². The third kappa shape index (κ3) is 3.91. The number of ether oxygens (including phenoxy) is 1.